The van der Waals surface area contributed by atoms with Gasteiger partial charge in [-0.25, -0.2) is 0 Å². The Hall–Kier alpha value is -2.52. The van der Waals surface area contributed by atoms with Gasteiger partial charge in [0.15, 0.2) is 5.57 Å². The van der Waals surface area contributed by atoms with Crippen LogP contribution < -0.4 is 10.6 Å². The lowest BCUT2D eigenvalue weighted by Crippen LogP contribution is -2.36. The van der Waals surface area contributed by atoms with Crippen LogP contribution in [-0.2, 0) is 17.8 Å². The zero-order valence-electron chi connectivity index (χ0n) is 16.4. The molecule has 1 aromatic heterocycles. The summed E-state index contributed by atoms with van der Waals surface area (Å²) in [4.78, 5) is 4.44. The highest BCUT2D eigenvalue weighted by Gasteiger charge is 2.21. The molecule has 3 rings (SSSR count). The van der Waals surface area contributed by atoms with Gasteiger partial charge < -0.3 is 24.7 Å². The van der Waals surface area contributed by atoms with Crippen molar-refractivity contribution >= 4 is 0 Å². The smallest absolute Gasteiger partial charge is 0.169 e. The Morgan fingerprint density at radius 2 is 2.00 bits per heavy atom. The minimum absolute atomic E-state index is 0.141. The average Bonchev–Trinajstić information content (AvgIpc) is 3.37. The van der Waals surface area contributed by atoms with E-state index >= 15 is 0 Å². The number of nitriles is 2. The van der Waals surface area contributed by atoms with E-state index in [0.717, 1.165) is 70.2 Å². The summed E-state index contributed by atoms with van der Waals surface area (Å²) < 4.78 is 11.4. The van der Waals surface area contributed by atoms with Crippen molar-refractivity contribution in [3.63, 3.8) is 0 Å². The van der Waals surface area contributed by atoms with Gasteiger partial charge in [0.1, 0.15) is 29.5 Å². The third kappa shape index (κ3) is 5.26. The number of piperidine rings is 1. The second-order valence-electron chi connectivity index (χ2n) is 7.12. The van der Waals surface area contributed by atoms with Crippen LogP contribution >= 0.6 is 0 Å². The molecule has 0 spiro atoms. The summed E-state index contributed by atoms with van der Waals surface area (Å²) in [5, 5.41) is 24.6. The zero-order chi connectivity index (χ0) is 19.8. The first-order valence-corrected chi connectivity index (χ1v) is 9.80. The highest BCUT2D eigenvalue weighted by Crippen LogP contribution is 2.17. The number of hydrogen-bond donors (Lipinski definition) is 2. The van der Waals surface area contributed by atoms with E-state index in [4.69, 9.17) is 19.7 Å². The molecule has 2 aliphatic heterocycles. The number of nitrogens with one attached hydrogen (secondary N) is 2. The third-order valence-corrected chi connectivity index (χ3v) is 5.27. The summed E-state index contributed by atoms with van der Waals surface area (Å²) in [5.74, 6) is 2.56. The first-order valence-electron chi connectivity index (χ1n) is 9.80. The monoisotopic (exact) mass is 384 g/mol. The number of furan rings is 1. The molecule has 0 bridgehead atoms. The molecule has 0 unspecified atom stereocenters. The molecule has 8 nitrogen and oxygen atoms in total. The van der Waals surface area contributed by atoms with Gasteiger partial charge in [0.25, 0.3) is 0 Å². The first kappa shape index (κ1) is 20.2. The average molecular weight is 384 g/mol. The van der Waals surface area contributed by atoms with Gasteiger partial charge in [0.2, 0.25) is 0 Å². The minimum atomic E-state index is 0.141. The second kappa shape index (κ2) is 10.1. The zero-order valence-corrected chi connectivity index (χ0v) is 16.4. The fourth-order valence-corrected chi connectivity index (χ4v) is 3.69. The summed E-state index contributed by atoms with van der Waals surface area (Å²) >= 11 is 0. The molecular formula is C20H28N6O2. The molecule has 2 fully saturated rings. The fourth-order valence-electron chi connectivity index (χ4n) is 3.69. The summed E-state index contributed by atoms with van der Waals surface area (Å²) in [6, 6.07) is 7.98. The Morgan fingerprint density at radius 1 is 1.25 bits per heavy atom. The summed E-state index contributed by atoms with van der Waals surface area (Å²) in [6.45, 7) is 6.62. The predicted octanol–water partition coefficient (Wildman–Crippen LogP) is 1.14. The molecule has 3 heterocycles. The second-order valence-corrected chi connectivity index (χ2v) is 7.12. The molecule has 0 amide bonds. The highest BCUT2D eigenvalue weighted by molar-refractivity contribution is 5.39. The van der Waals surface area contributed by atoms with Crippen LogP contribution in [0.2, 0.25) is 0 Å². The molecule has 0 aliphatic carbocycles. The molecule has 0 atom stereocenters. The maximum absolute atomic E-state index is 9.04. The molecule has 0 radical (unpaired) electrons. The van der Waals surface area contributed by atoms with Crippen molar-refractivity contribution in [3.8, 4) is 12.1 Å². The number of methoxy groups -OCH3 is 1. The molecule has 2 saturated heterocycles. The highest BCUT2D eigenvalue weighted by atomic mass is 16.5. The maximum Gasteiger partial charge on any atom is 0.169 e. The first-order chi connectivity index (χ1) is 13.7. The number of likely N-dealkylation sites (tertiary alicyclic amines) is 1. The largest absolute Gasteiger partial charge is 0.463 e. The van der Waals surface area contributed by atoms with E-state index in [1.807, 2.05) is 23.1 Å². The number of ether oxygens (including phenoxy) is 1. The lowest BCUT2D eigenvalue weighted by molar-refractivity contribution is 0.0369. The van der Waals surface area contributed by atoms with Crippen LogP contribution in [0.1, 0.15) is 24.4 Å². The normalized spacial score (nSPS) is 18.0. The number of hydrogen-bond acceptors (Lipinski definition) is 8. The minimum Gasteiger partial charge on any atom is -0.463 e. The quantitative estimate of drug-likeness (QED) is 0.508. The van der Waals surface area contributed by atoms with Gasteiger partial charge in [-0.1, -0.05) is 0 Å². The number of rotatable bonds is 8. The van der Waals surface area contributed by atoms with Crippen molar-refractivity contribution in [2.24, 2.45) is 0 Å². The molecule has 1 aromatic rings. The van der Waals surface area contributed by atoms with Crippen molar-refractivity contribution in [3.05, 3.63) is 35.0 Å². The third-order valence-electron chi connectivity index (χ3n) is 5.27. The maximum atomic E-state index is 9.04. The van der Waals surface area contributed by atoms with E-state index in [0.29, 0.717) is 18.5 Å². The Balaban J connectivity index is 1.39. The Bertz CT molecular complexity index is 735. The van der Waals surface area contributed by atoms with Crippen LogP contribution in [0.3, 0.4) is 0 Å². The Morgan fingerprint density at radius 3 is 2.71 bits per heavy atom. The van der Waals surface area contributed by atoms with Gasteiger partial charge in [-0.3, -0.25) is 4.90 Å². The van der Waals surface area contributed by atoms with Gasteiger partial charge in [-0.2, -0.15) is 10.5 Å². The van der Waals surface area contributed by atoms with Crippen LogP contribution in [0, 0.1) is 22.7 Å². The van der Waals surface area contributed by atoms with E-state index in [-0.39, 0.29) is 5.57 Å². The lowest BCUT2D eigenvalue weighted by atomic mass is 10.1. The van der Waals surface area contributed by atoms with Crippen LogP contribution in [0.25, 0.3) is 0 Å². The molecule has 0 aromatic carbocycles. The topological polar surface area (TPSA) is 100 Å². The lowest BCUT2D eigenvalue weighted by Gasteiger charge is -2.30. The van der Waals surface area contributed by atoms with Gasteiger partial charge >= 0.3 is 0 Å². The van der Waals surface area contributed by atoms with Crippen molar-refractivity contribution in [1.29, 1.82) is 10.5 Å². The standard InChI is InChI=1S/C20H28N6O2/c1-27-17-4-8-25(9-5-17)15-19-3-2-18(28-19)14-23-6-10-26-11-7-24-20(26)16(12-21)13-22/h2-3,17,23-24H,4-11,14-15H2,1H3. The van der Waals surface area contributed by atoms with E-state index in [1.165, 1.54) is 0 Å². The van der Waals surface area contributed by atoms with Crippen molar-refractivity contribution in [2.75, 3.05) is 46.4 Å². The van der Waals surface area contributed by atoms with E-state index in [1.54, 1.807) is 7.11 Å². The van der Waals surface area contributed by atoms with E-state index < -0.39 is 0 Å². The molecular weight excluding hydrogens is 356 g/mol. The SMILES string of the molecule is COC1CCN(Cc2ccc(CNCCN3CCNC3=C(C#N)C#N)o2)CC1. The molecule has 150 valence electrons. The molecule has 2 aliphatic rings. The Labute approximate surface area is 166 Å². The van der Waals surface area contributed by atoms with Crippen molar-refractivity contribution < 1.29 is 9.15 Å². The summed E-state index contributed by atoms with van der Waals surface area (Å²) in [5.41, 5.74) is 0.141. The van der Waals surface area contributed by atoms with Crippen LogP contribution in [0.5, 0.6) is 0 Å². The summed E-state index contributed by atoms with van der Waals surface area (Å²) in [6.07, 6.45) is 2.55. The number of allylic oxidation sites excluding steroid dienone is 1. The fraction of sp³-hybridized carbons (Fsp3) is 0.600. The van der Waals surface area contributed by atoms with E-state index in [2.05, 4.69) is 21.6 Å². The Kier molecular flexibility index (Phi) is 7.32. The predicted molar refractivity (Wildman–Crippen MR) is 104 cm³/mol. The molecule has 0 saturated carbocycles. The van der Waals surface area contributed by atoms with Crippen LogP contribution in [0.4, 0.5) is 0 Å². The van der Waals surface area contributed by atoms with Crippen LogP contribution in [-0.4, -0.2) is 62.3 Å². The van der Waals surface area contributed by atoms with Gasteiger partial charge in [0, 0.05) is 46.4 Å². The van der Waals surface area contributed by atoms with Crippen LogP contribution in [0.15, 0.2) is 27.9 Å². The molecule has 28 heavy (non-hydrogen) atoms. The van der Waals surface area contributed by atoms with Gasteiger partial charge in [-0.05, 0) is 25.0 Å². The molecule has 2 N–H and O–H groups in total. The van der Waals surface area contributed by atoms with E-state index in [9.17, 15) is 0 Å². The van der Waals surface area contributed by atoms with Crippen molar-refractivity contribution in [1.82, 2.24) is 20.4 Å². The van der Waals surface area contributed by atoms with Crippen molar-refractivity contribution in [2.45, 2.75) is 32.0 Å². The van der Waals surface area contributed by atoms with Gasteiger partial charge in [-0.15, -0.1) is 0 Å². The summed E-state index contributed by atoms with van der Waals surface area (Å²) in [7, 11) is 1.79. The number of nitrogens with zero attached hydrogens (tertiary/aromatic N) is 4. The molecule has 8 heteroatoms. The van der Waals surface area contributed by atoms with Gasteiger partial charge in [0.05, 0.1) is 19.2 Å².